The van der Waals surface area contributed by atoms with E-state index in [-0.39, 0.29) is 5.57 Å². The minimum Gasteiger partial charge on any atom is -0.478 e. The molecule has 11 heavy (non-hydrogen) atoms. The molecule has 0 aliphatic heterocycles. The van der Waals surface area contributed by atoms with Crippen molar-refractivity contribution in [1.29, 1.82) is 0 Å². The van der Waals surface area contributed by atoms with Crippen molar-refractivity contribution in [3.63, 3.8) is 0 Å². The normalized spacial score (nSPS) is 12.2. The average molecular weight is 160 g/mol. The lowest BCUT2D eigenvalue weighted by Gasteiger charge is -1.99. The Balaban J connectivity index is 4.83. The Hall–Kier alpha value is -1.36. The number of hydrogen-bond acceptors (Lipinski definition) is 3. The van der Waals surface area contributed by atoms with Crippen LogP contribution in [-0.2, 0) is 9.59 Å². The largest absolute Gasteiger partial charge is 0.478 e. The Kier molecular flexibility index (Phi) is 3.26. The zero-order chi connectivity index (χ0) is 9.02. The predicted octanol–water partition coefficient (Wildman–Crippen LogP) is -0.536. The highest BCUT2D eigenvalue weighted by molar-refractivity contribution is 5.98. The molecule has 5 heteroatoms. The van der Waals surface area contributed by atoms with Crippen molar-refractivity contribution >= 4 is 11.9 Å². The second-order valence-corrected chi connectivity index (χ2v) is 1.87. The van der Waals surface area contributed by atoms with E-state index in [2.05, 4.69) is 0 Å². The molecule has 0 bridgehead atoms. The standard InChI is InChI=1S/C6H8O5/c1-3(5(8)9)4(2-7)6(10)11/h7H,2H2,1H3,(H,8,9)(H,10,11)/b4-3-. The molecule has 0 rings (SSSR count). The summed E-state index contributed by atoms with van der Waals surface area (Å²) in [5.41, 5.74) is -0.836. The fourth-order valence-corrected chi connectivity index (χ4v) is 0.476. The van der Waals surface area contributed by atoms with Crippen LogP contribution in [0.2, 0.25) is 0 Å². The second kappa shape index (κ2) is 3.72. The number of aliphatic hydroxyl groups excluding tert-OH is 1. The van der Waals surface area contributed by atoms with Crippen molar-refractivity contribution < 1.29 is 24.9 Å². The van der Waals surface area contributed by atoms with Crippen LogP contribution in [0.5, 0.6) is 0 Å². The summed E-state index contributed by atoms with van der Waals surface area (Å²) in [4.78, 5) is 20.4. The molecule has 0 unspecified atom stereocenters. The molecular weight excluding hydrogens is 152 g/mol. The van der Waals surface area contributed by atoms with Gasteiger partial charge >= 0.3 is 11.9 Å². The fraction of sp³-hybridized carbons (Fsp3) is 0.333. The molecule has 0 saturated carbocycles. The predicted molar refractivity (Wildman–Crippen MR) is 35.1 cm³/mol. The summed E-state index contributed by atoms with van der Waals surface area (Å²) in [7, 11) is 0. The van der Waals surface area contributed by atoms with E-state index in [1.807, 2.05) is 0 Å². The van der Waals surface area contributed by atoms with Gasteiger partial charge in [-0.1, -0.05) is 0 Å². The lowest BCUT2D eigenvalue weighted by Crippen LogP contribution is -2.12. The van der Waals surface area contributed by atoms with Crippen LogP contribution in [0.4, 0.5) is 0 Å². The quantitative estimate of drug-likeness (QED) is 0.482. The van der Waals surface area contributed by atoms with Gasteiger partial charge < -0.3 is 15.3 Å². The Morgan fingerprint density at radius 2 is 1.64 bits per heavy atom. The lowest BCUT2D eigenvalue weighted by molar-refractivity contribution is -0.136. The molecule has 3 N–H and O–H groups in total. The van der Waals surface area contributed by atoms with Crippen LogP contribution in [0, 0.1) is 0 Å². The third kappa shape index (κ3) is 2.38. The van der Waals surface area contributed by atoms with Gasteiger partial charge in [-0.2, -0.15) is 0 Å². The lowest BCUT2D eigenvalue weighted by atomic mass is 10.1. The Morgan fingerprint density at radius 1 is 1.18 bits per heavy atom. The summed E-state index contributed by atoms with van der Waals surface area (Å²) >= 11 is 0. The summed E-state index contributed by atoms with van der Waals surface area (Å²) in [6.45, 7) is 0.357. The van der Waals surface area contributed by atoms with Crippen molar-refractivity contribution in [1.82, 2.24) is 0 Å². The highest BCUT2D eigenvalue weighted by atomic mass is 16.4. The van der Waals surface area contributed by atoms with Gasteiger partial charge in [0.25, 0.3) is 0 Å². The topological polar surface area (TPSA) is 94.8 Å². The molecule has 0 amide bonds. The Morgan fingerprint density at radius 3 is 1.73 bits per heavy atom. The van der Waals surface area contributed by atoms with Crippen molar-refractivity contribution in [2.24, 2.45) is 0 Å². The van der Waals surface area contributed by atoms with E-state index < -0.39 is 24.1 Å². The summed E-state index contributed by atoms with van der Waals surface area (Å²) in [5, 5.41) is 25.0. The van der Waals surface area contributed by atoms with Crippen molar-refractivity contribution in [3.05, 3.63) is 11.1 Å². The first-order valence-corrected chi connectivity index (χ1v) is 2.78. The van der Waals surface area contributed by atoms with Gasteiger partial charge in [0, 0.05) is 5.57 Å². The molecule has 0 aliphatic carbocycles. The molecule has 0 aromatic carbocycles. The molecule has 0 aromatic heterocycles. The molecule has 0 aliphatic rings. The number of carboxylic acid groups (broad SMARTS) is 2. The monoisotopic (exact) mass is 160 g/mol. The van der Waals surface area contributed by atoms with Gasteiger partial charge in [-0.25, -0.2) is 9.59 Å². The minimum absolute atomic E-state index is 0.347. The van der Waals surface area contributed by atoms with Gasteiger partial charge in [0.15, 0.2) is 0 Å². The van der Waals surface area contributed by atoms with Crippen LogP contribution < -0.4 is 0 Å². The highest BCUT2D eigenvalue weighted by Gasteiger charge is 2.14. The van der Waals surface area contributed by atoms with Crippen molar-refractivity contribution in [2.75, 3.05) is 6.61 Å². The first kappa shape index (κ1) is 9.64. The maximum absolute atomic E-state index is 10.2. The van der Waals surface area contributed by atoms with Gasteiger partial charge in [0.05, 0.1) is 12.2 Å². The third-order valence-corrected chi connectivity index (χ3v) is 1.19. The average Bonchev–Trinajstić information content (AvgIpc) is 1.88. The maximum atomic E-state index is 10.2. The second-order valence-electron chi connectivity index (χ2n) is 1.87. The summed E-state index contributed by atoms with van der Waals surface area (Å²) in [5.74, 6) is -2.75. The number of hydrogen-bond donors (Lipinski definition) is 3. The maximum Gasteiger partial charge on any atom is 0.334 e. The van der Waals surface area contributed by atoms with E-state index in [1.165, 1.54) is 0 Å². The van der Waals surface area contributed by atoms with Gasteiger partial charge in [0.2, 0.25) is 0 Å². The smallest absolute Gasteiger partial charge is 0.334 e. The van der Waals surface area contributed by atoms with Crippen molar-refractivity contribution in [2.45, 2.75) is 6.92 Å². The summed E-state index contributed by atoms with van der Waals surface area (Å²) in [6, 6.07) is 0. The van der Waals surface area contributed by atoms with Crippen molar-refractivity contribution in [3.8, 4) is 0 Å². The third-order valence-electron chi connectivity index (χ3n) is 1.19. The van der Waals surface area contributed by atoms with Crippen LogP contribution in [0.3, 0.4) is 0 Å². The van der Waals surface area contributed by atoms with Gasteiger partial charge in [-0.3, -0.25) is 0 Å². The van der Waals surface area contributed by atoms with E-state index in [0.717, 1.165) is 6.92 Å². The van der Waals surface area contributed by atoms with Crippen LogP contribution in [0.25, 0.3) is 0 Å². The molecule has 0 aromatic rings. The van der Waals surface area contributed by atoms with Gasteiger partial charge in [0.1, 0.15) is 0 Å². The Labute approximate surface area is 62.6 Å². The van der Waals surface area contributed by atoms with E-state index in [9.17, 15) is 9.59 Å². The molecule has 0 heterocycles. The van der Waals surface area contributed by atoms with Crippen LogP contribution >= 0.6 is 0 Å². The molecule has 0 saturated heterocycles. The van der Waals surface area contributed by atoms with E-state index in [0.29, 0.717) is 0 Å². The summed E-state index contributed by atoms with van der Waals surface area (Å²) < 4.78 is 0. The number of aliphatic carboxylic acids is 2. The molecule has 62 valence electrons. The molecule has 5 nitrogen and oxygen atoms in total. The van der Waals surface area contributed by atoms with Gasteiger partial charge in [-0.15, -0.1) is 0 Å². The van der Waals surface area contributed by atoms with Crippen LogP contribution in [-0.4, -0.2) is 33.9 Å². The molecule has 0 radical (unpaired) electrons. The number of carbonyl (C=O) groups is 2. The zero-order valence-corrected chi connectivity index (χ0v) is 5.87. The zero-order valence-electron chi connectivity index (χ0n) is 5.87. The van der Waals surface area contributed by atoms with E-state index in [1.54, 1.807) is 0 Å². The van der Waals surface area contributed by atoms with Crippen LogP contribution in [0.15, 0.2) is 11.1 Å². The number of aliphatic hydroxyl groups is 1. The molecule has 0 spiro atoms. The number of rotatable bonds is 3. The Bertz CT molecular complexity index is 215. The SMILES string of the molecule is C/C(C(=O)O)=C(\CO)C(=O)O. The fourth-order valence-electron chi connectivity index (χ4n) is 0.476. The molecule has 0 atom stereocenters. The van der Waals surface area contributed by atoms with E-state index in [4.69, 9.17) is 15.3 Å². The van der Waals surface area contributed by atoms with E-state index >= 15 is 0 Å². The van der Waals surface area contributed by atoms with Crippen LogP contribution in [0.1, 0.15) is 6.92 Å². The molecule has 0 fully saturated rings. The first-order chi connectivity index (χ1) is 5.00. The number of carboxylic acids is 2. The summed E-state index contributed by atoms with van der Waals surface area (Å²) in [6.07, 6.45) is 0. The molecular formula is C6H8O5. The minimum atomic E-state index is -1.41. The van der Waals surface area contributed by atoms with Gasteiger partial charge in [-0.05, 0) is 6.92 Å². The first-order valence-electron chi connectivity index (χ1n) is 2.78. The highest BCUT2D eigenvalue weighted by Crippen LogP contribution is 2.02.